The van der Waals surface area contributed by atoms with Crippen molar-refractivity contribution in [2.75, 3.05) is 0 Å². The standard InChI is InChI=1S/C13H15NO2/c1-9-5-4-6-13(11(9)3)15-8-12-7-10(2)16-14-12/h4-7H,8H2,1-3H3. The first-order valence-electron chi connectivity index (χ1n) is 5.28. The van der Waals surface area contributed by atoms with Crippen molar-refractivity contribution in [3.05, 3.63) is 46.8 Å². The smallest absolute Gasteiger partial charge is 0.134 e. The molecule has 0 aliphatic heterocycles. The maximum absolute atomic E-state index is 5.69. The van der Waals surface area contributed by atoms with Crippen LogP contribution in [-0.4, -0.2) is 5.16 Å². The SMILES string of the molecule is Cc1cc(COc2cccc(C)c2C)no1. The van der Waals surface area contributed by atoms with E-state index >= 15 is 0 Å². The largest absolute Gasteiger partial charge is 0.487 e. The van der Waals surface area contributed by atoms with E-state index in [0.717, 1.165) is 17.2 Å². The highest BCUT2D eigenvalue weighted by molar-refractivity contribution is 5.38. The van der Waals surface area contributed by atoms with Gasteiger partial charge in [-0.3, -0.25) is 0 Å². The summed E-state index contributed by atoms with van der Waals surface area (Å²) in [6, 6.07) is 7.91. The van der Waals surface area contributed by atoms with E-state index in [-0.39, 0.29) is 0 Å². The van der Waals surface area contributed by atoms with E-state index in [1.54, 1.807) is 0 Å². The Balaban J connectivity index is 2.07. The predicted octanol–water partition coefficient (Wildman–Crippen LogP) is 3.18. The zero-order chi connectivity index (χ0) is 11.5. The van der Waals surface area contributed by atoms with Gasteiger partial charge in [-0.05, 0) is 38.0 Å². The normalized spacial score (nSPS) is 10.4. The molecule has 1 aromatic carbocycles. The van der Waals surface area contributed by atoms with Crippen LogP contribution in [0.4, 0.5) is 0 Å². The Morgan fingerprint density at radius 3 is 2.75 bits per heavy atom. The van der Waals surface area contributed by atoms with E-state index in [1.165, 1.54) is 11.1 Å². The molecule has 0 aliphatic rings. The maximum atomic E-state index is 5.69. The van der Waals surface area contributed by atoms with Crippen molar-refractivity contribution in [2.45, 2.75) is 27.4 Å². The molecule has 3 heteroatoms. The number of ether oxygens (including phenoxy) is 1. The highest BCUT2D eigenvalue weighted by Crippen LogP contribution is 2.21. The van der Waals surface area contributed by atoms with Crippen molar-refractivity contribution in [2.24, 2.45) is 0 Å². The molecule has 16 heavy (non-hydrogen) atoms. The molecule has 1 aromatic heterocycles. The molecule has 84 valence electrons. The fourth-order valence-electron chi connectivity index (χ4n) is 1.52. The molecule has 2 aromatic rings. The Hall–Kier alpha value is -1.77. The summed E-state index contributed by atoms with van der Waals surface area (Å²) in [5, 5.41) is 3.88. The van der Waals surface area contributed by atoms with Crippen LogP contribution in [0.3, 0.4) is 0 Å². The highest BCUT2D eigenvalue weighted by atomic mass is 16.5. The molecule has 0 N–H and O–H groups in total. The lowest BCUT2D eigenvalue weighted by atomic mass is 10.1. The van der Waals surface area contributed by atoms with Crippen LogP contribution in [-0.2, 0) is 6.61 Å². The summed E-state index contributed by atoms with van der Waals surface area (Å²) in [5.74, 6) is 1.71. The zero-order valence-electron chi connectivity index (χ0n) is 9.78. The average Bonchev–Trinajstić information content (AvgIpc) is 2.67. The highest BCUT2D eigenvalue weighted by Gasteiger charge is 2.04. The van der Waals surface area contributed by atoms with Crippen molar-refractivity contribution >= 4 is 0 Å². The van der Waals surface area contributed by atoms with Gasteiger partial charge in [-0.2, -0.15) is 0 Å². The Morgan fingerprint density at radius 2 is 2.06 bits per heavy atom. The number of benzene rings is 1. The summed E-state index contributed by atoms with van der Waals surface area (Å²) in [7, 11) is 0. The second-order valence-electron chi connectivity index (χ2n) is 3.92. The van der Waals surface area contributed by atoms with E-state index in [2.05, 4.69) is 25.1 Å². The van der Waals surface area contributed by atoms with E-state index in [4.69, 9.17) is 9.26 Å². The van der Waals surface area contributed by atoms with Gasteiger partial charge in [0.2, 0.25) is 0 Å². The monoisotopic (exact) mass is 217 g/mol. The van der Waals surface area contributed by atoms with Crippen LogP contribution >= 0.6 is 0 Å². The van der Waals surface area contributed by atoms with Gasteiger partial charge in [0.05, 0.1) is 0 Å². The third kappa shape index (κ3) is 2.24. The summed E-state index contributed by atoms with van der Waals surface area (Å²) < 4.78 is 10.7. The number of aromatic nitrogens is 1. The van der Waals surface area contributed by atoms with Crippen LogP contribution in [0.5, 0.6) is 5.75 Å². The molecule has 0 aliphatic carbocycles. The maximum Gasteiger partial charge on any atom is 0.134 e. The molecule has 0 atom stereocenters. The van der Waals surface area contributed by atoms with Crippen molar-refractivity contribution < 1.29 is 9.26 Å². The van der Waals surface area contributed by atoms with E-state index in [1.807, 2.05) is 25.1 Å². The number of nitrogens with zero attached hydrogens (tertiary/aromatic N) is 1. The summed E-state index contributed by atoms with van der Waals surface area (Å²) in [5.41, 5.74) is 3.22. The van der Waals surface area contributed by atoms with Gasteiger partial charge in [0.1, 0.15) is 23.8 Å². The second kappa shape index (κ2) is 4.39. The second-order valence-corrected chi connectivity index (χ2v) is 3.92. The summed E-state index contributed by atoms with van der Waals surface area (Å²) in [6.45, 7) is 6.44. The first-order chi connectivity index (χ1) is 7.66. The van der Waals surface area contributed by atoms with Crippen molar-refractivity contribution in [3.8, 4) is 5.75 Å². The average molecular weight is 217 g/mol. The number of hydrogen-bond acceptors (Lipinski definition) is 3. The lowest BCUT2D eigenvalue weighted by Gasteiger charge is -2.09. The minimum atomic E-state index is 0.446. The molecule has 1 heterocycles. The molecule has 3 nitrogen and oxygen atoms in total. The molecule has 0 bridgehead atoms. The number of rotatable bonds is 3. The van der Waals surface area contributed by atoms with E-state index < -0.39 is 0 Å². The lowest BCUT2D eigenvalue weighted by Crippen LogP contribution is -1.97. The van der Waals surface area contributed by atoms with Crippen LogP contribution in [0.15, 0.2) is 28.8 Å². The number of aryl methyl sites for hydroxylation is 2. The van der Waals surface area contributed by atoms with Gasteiger partial charge < -0.3 is 9.26 Å². The van der Waals surface area contributed by atoms with Crippen LogP contribution in [0.25, 0.3) is 0 Å². The third-order valence-corrected chi connectivity index (χ3v) is 2.61. The lowest BCUT2D eigenvalue weighted by molar-refractivity contribution is 0.286. The fourth-order valence-corrected chi connectivity index (χ4v) is 1.52. The van der Waals surface area contributed by atoms with Gasteiger partial charge >= 0.3 is 0 Å². The third-order valence-electron chi connectivity index (χ3n) is 2.61. The van der Waals surface area contributed by atoms with Crippen LogP contribution in [0.1, 0.15) is 22.6 Å². The topological polar surface area (TPSA) is 35.3 Å². The van der Waals surface area contributed by atoms with Gasteiger partial charge in [-0.15, -0.1) is 0 Å². The molecule has 0 amide bonds. The molecule has 0 saturated carbocycles. The van der Waals surface area contributed by atoms with E-state index in [0.29, 0.717) is 6.61 Å². The minimum Gasteiger partial charge on any atom is -0.487 e. The van der Waals surface area contributed by atoms with Crippen molar-refractivity contribution in [1.29, 1.82) is 0 Å². The Morgan fingerprint density at radius 1 is 1.25 bits per heavy atom. The number of hydrogen-bond donors (Lipinski definition) is 0. The van der Waals surface area contributed by atoms with Gasteiger partial charge in [0.25, 0.3) is 0 Å². The van der Waals surface area contributed by atoms with Crippen molar-refractivity contribution in [1.82, 2.24) is 5.16 Å². The molecule has 0 spiro atoms. The molecular weight excluding hydrogens is 202 g/mol. The molecule has 0 saturated heterocycles. The Labute approximate surface area is 95.0 Å². The fraction of sp³-hybridized carbons (Fsp3) is 0.308. The Kier molecular flexibility index (Phi) is 2.95. The van der Waals surface area contributed by atoms with Gasteiger partial charge in [-0.25, -0.2) is 0 Å². The van der Waals surface area contributed by atoms with Crippen molar-refractivity contribution in [3.63, 3.8) is 0 Å². The predicted molar refractivity (Wildman–Crippen MR) is 61.5 cm³/mol. The quantitative estimate of drug-likeness (QED) is 0.792. The first kappa shape index (κ1) is 10.7. The first-order valence-corrected chi connectivity index (χ1v) is 5.28. The molecule has 0 fully saturated rings. The molecular formula is C13H15NO2. The van der Waals surface area contributed by atoms with Gasteiger partial charge in [0, 0.05) is 6.07 Å². The summed E-state index contributed by atoms with van der Waals surface area (Å²) in [4.78, 5) is 0. The van der Waals surface area contributed by atoms with Crippen LogP contribution in [0, 0.1) is 20.8 Å². The van der Waals surface area contributed by atoms with Crippen LogP contribution < -0.4 is 4.74 Å². The summed E-state index contributed by atoms with van der Waals surface area (Å²) >= 11 is 0. The molecule has 2 rings (SSSR count). The van der Waals surface area contributed by atoms with Gasteiger partial charge in [0.15, 0.2) is 0 Å². The van der Waals surface area contributed by atoms with Crippen LogP contribution in [0.2, 0.25) is 0 Å². The minimum absolute atomic E-state index is 0.446. The zero-order valence-corrected chi connectivity index (χ0v) is 9.78. The molecule has 0 radical (unpaired) electrons. The summed E-state index contributed by atoms with van der Waals surface area (Å²) in [6.07, 6.45) is 0. The van der Waals surface area contributed by atoms with E-state index in [9.17, 15) is 0 Å². The molecule has 0 unspecified atom stereocenters. The van der Waals surface area contributed by atoms with Gasteiger partial charge in [-0.1, -0.05) is 17.3 Å². The Bertz CT molecular complexity index is 488.